The third kappa shape index (κ3) is 5.84. The van der Waals surface area contributed by atoms with E-state index in [1.165, 1.54) is 42.4 Å². The van der Waals surface area contributed by atoms with E-state index in [9.17, 15) is 18.0 Å². The largest absolute Gasteiger partial charge is 0.482 e. The monoisotopic (exact) mass is 471 g/mol. The van der Waals surface area contributed by atoms with Crippen molar-refractivity contribution in [3.63, 3.8) is 0 Å². The summed E-state index contributed by atoms with van der Waals surface area (Å²) in [5.74, 6) is -0.273. The number of nitrogens with one attached hydrogen (secondary N) is 2. The van der Waals surface area contributed by atoms with Crippen LogP contribution in [0.2, 0.25) is 0 Å². The van der Waals surface area contributed by atoms with E-state index in [2.05, 4.69) is 10.0 Å². The molecule has 1 saturated carbocycles. The van der Waals surface area contributed by atoms with Crippen LogP contribution in [0.4, 0.5) is 11.4 Å². The number of benzene rings is 2. The van der Waals surface area contributed by atoms with Gasteiger partial charge in [-0.1, -0.05) is 50.3 Å². The number of sulfonamides is 1. The van der Waals surface area contributed by atoms with Gasteiger partial charge in [0.15, 0.2) is 6.61 Å². The first-order valence-electron chi connectivity index (χ1n) is 11.4. The van der Waals surface area contributed by atoms with Gasteiger partial charge in [-0.2, -0.15) is 0 Å². The zero-order valence-corrected chi connectivity index (χ0v) is 19.3. The van der Waals surface area contributed by atoms with Gasteiger partial charge >= 0.3 is 0 Å². The second kappa shape index (κ2) is 10.2. The minimum atomic E-state index is -3.89. The number of hydrogen-bond donors (Lipinski definition) is 2. The molecule has 1 aliphatic heterocycles. The van der Waals surface area contributed by atoms with Crippen molar-refractivity contribution in [1.29, 1.82) is 0 Å². The first-order chi connectivity index (χ1) is 15.9. The maximum atomic E-state index is 12.9. The Bertz CT molecular complexity index is 1100. The van der Waals surface area contributed by atoms with Crippen molar-refractivity contribution >= 4 is 33.2 Å². The minimum Gasteiger partial charge on any atom is -0.482 e. The van der Waals surface area contributed by atoms with Crippen LogP contribution in [0.15, 0.2) is 53.4 Å². The standard InChI is InChI=1S/C24H29N3O5S/c28-23(25-18-9-5-2-1-3-6-10-18)16-27-21-15-20(13-14-22(21)32-17-24(27)29)33(30,31)26-19-11-7-4-8-12-19/h4,7-8,11-15,18,26H,1-3,5-6,9-10,16-17H2,(H,25,28). The molecule has 1 fully saturated rings. The quantitative estimate of drug-likeness (QED) is 0.672. The molecule has 0 spiro atoms. The van der Waals surface area contributed by atoms with Crippen molar-refractivity contribution in [3.8, 4) is 5.75 Å². The van der Waals surface area contributed by atoms with E-state index in [0.717, 1.165) is 25.7 Å². The molecule has 9 heteroatoms. The van der Waals surface area contributed by atoms with Gasteiger partial charge in [-0.25, -0.2) is 8.42 Å². The van der Waals surface area contributed by atoms with Crippen LogP contribution >= 0.6 is 0 Å². The Morgan fingerprint density at radius 2 is 1.70 bits per heavy atom. The van der Waals surface area contributed by atoms with Crippen LogP contribution in [0.25, 0.3) is 0 Å². The molecule has 2 aliphatic rings. The number of ether oxygens (including phenoxy) is 1. The Balaban J connectivity index is 1.51. The normalized spacial score (nSPS) is 17.3. The van der Waals surface area contributed by atoms with Crippen LogP contribution < -0.4 is 19.7 Å². The molecule has 0 radical (unpaired) electrons. The van der Waals surface area contributed by atoms with E-state index in [4.69, 9.17) is 4.74 Å². The van der Waals surface area contributed by atoms with Gasteiger partial charge < -0.3 is 10.1 Å². The molecular weight excluding hydrogens is 442 g/mol. The molecule has 2 aromatic rings. The number of amides is 2. The summed E-state index contributed by atoms with van der Waals surface area (Å²) < 4.78 is 33.8. The number of rotatable bonds is 6. The zero-order chi connectivity index (χ0) is 23.3. The Labute approximate surface area is 194 Å². The highest BCUT2D eigenvalue weighted by molar-refractivity contribution is 7.92. The van der Waals surface area contributed by atoms with E-state index >= 15 is 0 Å². The first-order valence-corrected chi connectivity index (χ1v) is 12.9. The molecule has 0 saturated heterocycles. The molecule has 176 valence electrons. The molecular formula is C24H29N3O5S. The highest BCUT2D eigenvalue weighted by Gasteiger charge is 2.30. The fourth-order valence-electron chi connectivity index (χ4n) is 4.26. The van der Waals surface area contributed by atoms with Gasteiger partial charge in [-0.3, -0.25) is 19.2 Å². The van der Waals surface area contributed by atoms with Crippen LogP contribution in [0.3, 0.4) is 0 Å². The molecule has 0 bridgehead atoms. The van der Waals surface area contributed by atoms with Crippen molar-refractivity contribution in [1.82, 2.24) is 5.32 Å². The Morgan fingerprint density at radius 1 is 1.00 bits per heavy atom. The van der Waals surface area contributed by atoms with Crippen molar-refractivity contribution in [2.45, 2.75) is 55.9 Å². The summed E-state index contributed by atoms with van der Waals surface area (Å²) in [5, 5.41) is 3.06. The number of para-hydroxylation sites is 1. The van der Waals surface area contributed by atoms with Gasteiger partial charge in [0.2, 0.25) is 5.91 Å². The molecule has 1 aliphatic carbocycles. The van der Waals surface area contributed by atoms with Gasteiger partial charge in [0, 0.05) is 11.7 Å². The smallest absolute Gasteiger partial charge is 0.265 e. The number of anilines is 2. The maximum Gasteiger partial charge on any atom is 0.265 e. The lowest BCUT2D eigenvalue weighted by molar-refractivity contribution is -0.125. The summed E-state index contributed by atoms with van der Waals surface area (Å²) in [7, 11) is -3.89. The molecule has 0 unspecified atom stereocenters. The molecule has 0 aromatic heterocycles. The molecule has 1 heterocycles. The van der Waals surface area contributed by atoms with E-state index in [1.54, 1.807) is 30.3 Å². The Kier molecular flexibility index (Phi) is 7.17. The fraction of sp³-hybridized carbons (Fsp3) is 0.417. The average molecular weight is 472 g/mol. The van der Waals surface area contributed by atoms with E-state index in [-0.39, 0.29) is 41.6 Å². The predicted octanol–water partition coefficient (Wildman–Crippen LogP) is 3.44. The second-order valence-electron chi connectivity index (χ2n) is 8.48. The third-order valence-corrected chi connectivity index (χ3v) is 7.36. The molecule has 0 atom stereocenters. The van der Waals surface area contributed by atoms with E-state index in [0.29, 0.717) is 11.4 Å². The fourth-order valence-corrected chi connectivity index (χ4v) is 5.34. The summed E-state index contributed by atoms with van der Waals surface area (Å²) in [5.41, 5.74) is 0.702. The van der Waals surface area contributed by atoms with Crippen LogP contribution in [-0.4, -0.2) is 39.4 Å². The van der Waals surface area contributed by atoms with Crippen LogP contribution in [0.5, 0.6) is 5.75 Å². The van der Waals surface area contributed by atoms with E-state index < -0.39 is 10.0 Å². The van der Waals surface area contributed by atoms with Crippen LogP contribution in [0.1, 0.15) is 44.9 Å². The second-order valence-corrected chi connectivity index (χ2v) is 10.2. The molecule has 33 heavy (non-hydrogen) atoms. The number of carbonyl (C=O) groups is 2. The van der Waals surface area contributed by atoms with Gasteiger partial charge in [0.1, 0.15) is 12.3 Å². The molecule has 2 amide bonds. The van der Waals surface area contributed by atoms with Crippen LogP contribution in [-0.2, 0) is 19.6 Å². The van der Waals surface area contributed by atoms with Crippen molar-refractivity contribution in [3.05, 3.63) is 48.5 Å². The molecule has 2 aromatic carbocycles. The van der Waals surface area contributed by atoms with Crippen molar-refractivity contribution < 1.29 is 22.7 Å². The number of carbonyl (C=O) groups excluding carboxylic acids is 2. The summed E-state index contributed by atoms with van der Waals surface area (Å²) in [6.45, 7) is -0.376. The molecule has 2 N–H and O–H groups in total. The van der Waals surface area contributed by atoms with Gasteiger partial charge in [-0.05, 0) is 43.2 Å². The minimum absolute atomic E-state index is 0.0196. The van der Waals surface area contributed by atoms with Crippen molar-refractivity contribution in [2.24, 2.45) is 0 Å². The summed E-state index contributed by atoms with van der Waals surface area (Å²) in [6.07, 6.45) is 7.63. The van der Waals surface area contributed by atoms with Crippen LogP contribution in [0, 0.1) is 0 Å². The predicted molar refractivity (Wildman–Crippen MR) is 126 cm³/mol. The lowest BCUT2D eigenvalue weighted by atomic mass is 9.97. The SMILES string of the molecule is O=C(CN1C(=O)COc2ccc(S(=O)(=O)Nc3ccccc3)cc21)NC1CCCCCCC1. The highest BCUT2D eigenvalue weighted by atomic mass is 32.2. The topological polar surface area (TPSA) is 105 Å². The van der Waals surface area contributed by atoms with E-state index in [1.807, 2.05) is 0 Å². The Morgan fingerprint density at radius 3 is 2.42 bits per heavy atom. The molecule has 4 rings (SSSR count). The Hall–Kier alpha value is -3.07. The highest BCUT2D eigenvalue weighted by Crippen LogP contribution is 2.34. The third-order valence-electron chi connectivity index (χ3n) is 5.98. The first kappa shape index (κ1) is 23.1. The number of nitrogens with zero attached hydrogens (tertiary/aromatic N) is 1. The summed E-state index contributed by atoms with van der Waals surface area (Å²) >= 11 is 0. The van der Waals surface area contributed by atoms with Gasteiger partial charge in [0.05, 0.1) is 10.6 Å². The van der Waals surface area contributed by atoms with Gasteiger partial charge in [-0.15, -0.1) is 0 Å². The zero-order valence-electron chi connectivity index (χ0n) is 18.5. The lowest BCUT2D eigenvalue weighted by Gasteiger charge is -2.30. The van der Waals surface area contributed by atoms with Gasteiger partial charge in [0.25, 0.3) is 15.9 Å². The average Bonchev–Trinajstić information content (AvgIpc) is 2.77. The maximum absolute atomic E-state index is 12.9. The number of fused-ring (bicyclic) bond motifs is 1. The molecule has 8 nitrogen and oxygen atoms in total. The summed E-state index contributed by atoms with van der Waals surface area (Å²) in [6, 6.07) is 13.0. The number of hydrogen-bond acceptors (Lipinski definition) is 5. The lowest BCUT2D eigenvalue weighted by Crippen LogP contribution is -2.47. The van der Waals surface area contributed by atoms with Crippen molar-refractivity contribution in [2.75, 3.05) is 22.8 Å². The summed E-state index contributed by atoms with van der Waals surface area (Å²) in [4.78, 5) is 26.7.